The van der Waals surface area contributed by atoms with E-state index in [1.165, 1.54) is 23.4 Å². The summed E-state index contributed by atoms with van der Waals surface area (Å²) in [6, 6.07) is 1.69. The number of anilines is 1. The van der Waals surface area contributed by atoms with Crippen LogP contribution in [0.15, 0.2) is 20.7 Å². The number of pyridine rings is 1. The molecule has 0 spiro atoms. The third kappa shape index (κ3) is 1.62. The van der Waals surface area contributed by atoms with Crippen LogP contribution in [0.25, 0.3) is 10.9 Å². The predicted molar refractivity (Wildman–Crippen MR) is 68.4 cm³/mol. The van der Waals surface area contributed by atoms with Gasteiger partial charge < -0.3 is 5.73 Å². The summed E-state index contributed by atoms with van der Waals surface area (Å²) >= 11 is 1.41. The Hall–Kier alpha value is -1.76. The van der Waals surface area contributed by atoms with Gasteiger partial charge in [0, 0.05) is 14.1 Å². The molecule has 2 aromatic rings. The average Bonchev–Trinajstić information content (AvgIpc) is 2.32. The van der Waals surface area contributed by atoms with E-state index in [1.807, 2.05) is 6.26 Å². The summed E-state index contributed by atoms with van der Waals surface area (Å²) in [5.41, 5.74) is 5.49. The highest BCUT2D eigenvalue weighted by atomic mass is 32.2. The summed E-state index contributed by atoms with van der Waals surface area (Å²) in [7, 11) is 3.03. The molecule has 0 saturated carbocycles. The molecule has 0 aliphatic heterocycles. The molecule has 2 N–H and O–H groups in total. The van der Waals surface area contributed by atoms with Gasteiger partial charge in [-0.3, -0.25) is 13.9 Å². The Morgan fingerprint density at radius 1 is 1.29 bits per heavy atom. The molecule has 7 heteroatoms. The van der Waals surface area contributed by atoms with Crippen molar-refractivity contribution in [2.45, 2.75) is 5.03 Å². The molecule has 0 aliphatic rings. The lowest BCUT2D eigenvalue weighted by molar-refractivity contribution is 0.712. The number of aryl methyl sites for hydroxylation is 1. The van der Waals surface area contributed by atoms with Crippen LogP contribution in [0.3, 0.4) is 0 Å². The number of nitrogens with zero attached hydrogens (tertiary/aromatic N) is 3. The maximum atomic E-state index is 11.9. The Balaban J connectivity index is 3.12. The first-order valence-corrected chi connectivity index (χ1v) is 6.10. The number of hydrogen-bond acceptors (Lipinski definition) is 5. The van der Waals surface area contributed by atoms with Gasteiger partial charge in [-0.05, 0) is 12.3 Å². The van der Waals surface area contributed by atoms with Crippen LogP contribution < -0.4 is 17.0 Å². The van der Waals surface area contributed by atoms with E-state index in [-0.39, 0.29) is 16.9 Å². The second-order valence-electron chi connectivity index (χ2n) is 3.65. The second kappa shape index (κ2) is 3.92. The zero-order valence-electron chi connectivity index (χ0n) is 9.72. The van der Waals surface area contributed by atoms with Crippen LogP contribution in [0, 0.1) is 0 Å². The number of thioether (sulfide) groups is 1. The van der Waals surface area contributed by atoms with Gasteiger partial charge in [-0.15, -0.1) is 11.8 Å². The molecule has 0 aromatic carbocycles. The highest BCUT2D eigenvalue weighted by Crippen LogP contribution is 2.20. The summed E-state index contributed by atoms with van der Waals surface area (Å²) in [6.07, 6.45) is 1.85. The van der Waals surface area contributed by atoms with Gasteiger partial charge in [0.05, 0.1) is 5.52 Å². The predicted octanol–water partition coefficient (Wildman–Crippen LogP) is -0.0637. The van der Waals surface area contributed by atoms with Crippen molar-refractivity contribution >= 4 is 28.5 Å². The summed E-state index contributed by atoms with van der Waals surface area (Å²) < 4.78 is 2.42. The van der Waals surface area contributed by atoms with Crippen molar-refractivity contribution in [3.63, 3.8) is 0 Å². The first kappa shape index (κ1) is 11.7. The number of nitrogens with two attached hydrogens (primary N) is 1. The van der Waals surface area contributed by atoms with Crippen LogP contribution in [0.1, 0.15) is 0 Å². The van der Waals surface area contributed by atoms with Gasteiger partial charge in [0.15, 0.2) is 0 Å². The fourth-order valence-corrected chi connectivity index (χ4v) is 2.12. The van der Waals surface area contributed by atoms with Crippen molar-refractivity contribution in [1.29, 1.82) is 0 Å². The van der Waals surface area contributed by atoms with Crippen molar-refractivity contribution in [2.24, 2.45) is 14.1 Å². The molecule has 0 fully saturated rings. The minimum atomic E-state index is -0.416. The molecular formula is C10H12N4O2S. The number of nitrogen functional groups attached to an aromatic ring is 1. The van der Waals surface area contributed by atoms with Gasteiger partial charge in [-0.25, -0.2) is 9.78 Å². The van der Waals surface area contributed by atoms with E-state index in [9.17, 15) is 9.59 Å². The largest absolute Gasteiger partial charge is 0.383 e. The SMILES string of the molecule is CSc1cc2c(c(N)n1)c(=O)n(C)c(=O)n2C. The lowest BCUT2D eigenvalue weighted by atomic mass is 10.3. The quantitative estimate of drug-likeness (QED) is 0.719. The topological polar surface area (TPSA) is 82.9 Å². The van der Waals surface area contributed by atoms with E-state index in [4.69, 9.17) is 5.73 Å². The van der Waals surface area contributed by atoms with Crippen LogP contribution in [-0.4, -0.2) is 20.4 Å². The highest BCUT2D eigenvalue weighted by molar-refractivity contribution is 7.98. The molecule has 0 unspecified atom stereocenters. The maximum Gasteiger partial charge on any atom is 0.330 e. The van der Waals surface area contributed by atoms with E-state index in [2.05, 4.69) is 4.98 Å². The second-order valence-corrected chi connectivity index (χ2v) is 4.48. The normalized spacial score (nSPS) is 11.0. The Labute approximate surface area is 101 Å². The number of aromatic nitrogens is 3. The Bertz CT molecular complexity index is 717. The smallest absolute Gasteiger partial charge is 0.330 e. The number of fused-ring (bicyclic) bond motifs is 1. The van der Waals surface area contributed by atoms with Crippen LogP contribution in [0.4, 0.5) is 5.82 Å². The number of rotatable bonds is 1. The molecule has 2 rings (SSSR count). The van der Waals surface area contributed by atoms with Crippen molar-refractivity contribution in [3.8, 4) is 0 Å². The fraction of sp³-hybridized carbons (Fsp3) is 0.300. The van der Waals surface area contributed by atoms with Gasteiger partial charge in [0.2, 0.25) is 0 Å². The van der Waals surface area contributed by atoms with Crippen molar-refractivity contribution < 1.29 is 0 Å². The van der Waals surface area contributed by atoms with E-state index >= 15 is 0 Å². The first-order valence-electron chi connectivity index (χ1n) is 4.87. The first-order chi connectivity index (χ1) is 7.97. The summed E-state index contributed by atoms with van der Waals surface area (Å²) in [5.74, 6) is 0.156. The molecule has 17 heavy (non-hydrogen) atoms. The molecule has 0 saturated heterocycles. The van der Waals surface area contributed by atoms with Gasteiger partial charge in [0.1, 0.15) is 16.2 Å². The fourth-order valence-electron chi connectivity index (χ4n) is 1.70. The summed E-state index contributed by atoms with van der Waals surface area (Å²) in [5, 5.41) is 0.964. The average molecular weight is 252 g/mol. The van der Waals surface area contributed by atoms with E-state index in [0.29, 0.717) is 10.5 Å². The molecule has 90 valence electrons. The Kier molecular flexibility index (Phi) is 2.70. The minimum absolute atomic E-state index is 0.156. The Morgan fingerprint density at radius 2 is 1.94 bits per heavy atom. The van der Waals surface area contributed by atoms with Crippen LogP contribution >= 0.6 is 11.8 Å². The minimum Gasteiger partial charge on any atom is -0.383 e. The third-order valence-electron chi connectivity index (χ3n) is 2.67. The van der Waals surface area contributed by atoms with Crippen LogP contribution in [-0.2, 0) is 14.1 Å². The Morgan fingerprint density at radius 3 is 2.53 bits per heavy atom. The molecule has 0 atom stereocenters. The zero-order valence-corrected chi connectivity index (χ0v) is 10.5. The van der Waals surface area contributed by atoms with Gasteiger partial charge in [-0.1, -0.05) is 0 Å². The zero-order chi connectivity index (χ0) is 12.7. The van der Waals surface area contributed by atoms with E-state index in [1.54, 1.807) is 13.1 Å². The molecule has 0 bridgehead atoms. The number of hydrogen-bond donors (Lipinski definition) is 1. The summed E-state index contributed by atoms with van der Waals surface area (Å²) in [4.78, 5) is 27.8. The van der Waals surface area contributed by atoms with E-state index in [0.717, 1.165) is 4.57 Å². The van der Waals surface area contributed by atoms with Crippen LogP contribution in [0.5, 0.6) is 0 Å². The third-order valence-corrected chi connectivity index (χ3v) is 3.29. The van der Waals surface area contributed by atoms with Gasteiger partial charge in [-0.2, -0.15) is 0 Å². The van der Waals surface area contributed by atoms with Gasteiger partial charge >= 0.3 is 5.69 Å². The standard InChI is InChI=1S/C10H12N4O2S/c1-13-5-4-6(17-3)12-8(11)7(5)9(15)14(2)10(13)16/h4H,1-3H3,(H2,11,12). The molecule has 2 heterocycles. The van der Waals surface area contributed by atoms with E-state index < -0.39 is 5.56 Å². The molecular weight excluding hydrogens is 240 g/mol. The molecule has 6 nitrogen and oxygen atoms in total. The lowest BCUT2D eigenvalue weighted by Crippen LogP contribution is -2.37. The van der Waals surface area contributed by atoms with Gasteiger partial charge in [0.25, 0.3) is 5.56 Å². The van der Waals surface area contributed by atoms with Crippen molar-refractivity contribution in [1.82, 2.24) is 14.1 Å². The molecule has 0 radical (unpaired) electrons. The molecule has 0 aliphatic carbocycles. The molecule has 0 amide bonds. The van der Waals surface area contributed by atoms with Crippen molar-refractivity contribution in [3.05, 3.63) is 26.9 Å². The van der Waals surface area contributed by atoms with Crippen LogP contribution in [0.2, 0.25) is 0 Å². The maximum absolute atomic E-state index is 11.9. The highest BCUT2D eigenvalue weighted by Gasteiger charge is 2.13. The molecule has 2 aromatic heterocycles. The monoisotopic (exact) mass is 252 g/mol. The van der Waals surface area contributed by atoms with Crippen molar-refractivity contribution in [2.75, 3.05) is 12.0 Å². The summed E-state index contributed by atoms with van der Waals surface area (Å²) in [6.45, 7) is 0. The lowest BCUT2D eigenvalue weighted by Gasteiger charge is -2.09.